The van der Waals surface area contributed by atoms with Crippen molar-refractivity contribution < 1.29 is 4.74 Å². The average molecular weight is 239 g/mol. The van der Waals surface area contributed by atoms with Crippen molar-refractivity contribution in [3.8, 4) is 0 Å². The van der Waals surface area contributed by atoms with Crippen molar-refractivity contribution in [1.29, 1.82) is 0 Å². The molecule has 0 spiro atoms. The summed E-state index contributed by atoms with van der Waals surface area (Å²) >= 11 is 0. The predicted octanol–water partition coefficient (Wildman–Crippen LogP) is 1.76. The quantitative estimate of drug-likeness (QED) is 0.703. The number of nitrogens with zero attached hydrogens (tertiary/aromatic N) is 2. The number of aromatic nitrogens is 2. The first-order valence-electron chi connectivity index (χ1n) is 6.51. The summed E-state index contributed by atoms with van der Waals surface area (Å²) in [5.74, 6) is 0. The van der Waals surface area contributed by atoms with E-state index in [2.05, 4.69) is 29.7 Å². The van der Waals surface area contributed by atoms with Crippen molar-refractivity contribution in [2.45, 2.75) is 52.1 Å². The third-order valence-electron chi connectivity index (χ3n) is 2.97. The predicted molar refractivity (Wildman–Crippen MR) is 70.1 cm³/mol. The zero-order valence-corrected chi connectivity index (χ0v) is 11.3. The molecule has 0 aliphatic carbocycles. The van der Waals surface area contributed by atoms with E-state index in [1.807, 2.05) is 0 Å². The maximum atomic E-state index is 6.12. The number of nitrogens with two attached hydrogens (primary N) is 1. The van der Waals surface area contributed by atoms with Crippen LogP contribution in [0.5, 0.6) is 0 Å². The van der Waals surface area contributed by atoms with Gasteiger partial charge in [-0.3, -0.25) is 4.68 Å². The van der Waals surface area contributed by atoms with E-state index in [0.29, 0.717) is 0 Å². The molecule has 0 bridgehead atoms. The van der Waals surface area contributed by atoms with Gasteiger partial charge in [0.1, 0.15) is 0 Å². The molecule has 0 aliphatic heterocycles. The monoisotopic (exact) mass is 239 g/mol. The van der Waals surface area contributed by atoms with Gasteiger partial charge in [-0.25, -0.2) is 0 Å². The van der Waals surface area contributed by atoms with Crippen molar-refractivity contribution in [2.75, 3.05) is 13.7 Å². The maximum absolute atomic E-state index is 6.12. The lowest BCUT2D eigenvalue weighted by Gasteiger charge is -2.12. The Labute approximate surface area is 104 Å². The third kappa shape index (κ3) is 4.48. The summed E-state index contributed by atoms with van der Waals surface area (Å²) < 4.78 is 7.10. The first-order chi connectivity index (χ1) is 8.21. The van der Waals surface area contributed by atoms with Gasteiger partial charge in [0.05, 0.1) is 5.69 Å². The van der Waals surface area contributed by atoms with Crippen LogP contribution in [0.2, 0.25) is 0 Å². The van der Waals surface area contributed by atoms with Crippen LogP contribution in [0.25, 0.3) is 0 Å². The molecule has 1 heterocycles. The molecule has 0 aromatic carbocycles. The van der Waals surface area contributed by atoms with Crippen molar-refractivity contribution >= 4 is 0 Å². The zero-order chi connectivity index (χ0) is 12.7. The van der Waals surface area contributed by atoms with Gasteiger partial charge in [0.25, 0.3) is 0 Å². The van der Waals surface area contributed by atoms with Gasteiger partial charge >= 0.3 is 0 Å². The minimum atomic E-state index is 0.205. The Morgan fingerprint density at radius 2 is 2.24 bits per heavy atom. The molecule has 98 valence electrons. The van der Waals surface area contributed by atoms with Crippen LogP contribution in [0.3, 0.4) is 0 Å². The maximum Gasteiger partial charge on any atom is 0.0624 e. The van der Waals surface area contributed by atoms with Crippen LogP contribution in [0.15, 0.2) is 6.07 Å². The molecule has 2 N–H and O–H groups in total. The third-order valence-corrected chi connectivity index (χ3v) is 2.97. The van der Waals surface area contributed by atoms with Crippen LogP contribution in [-0.2, 0) is 24.1 Å². The van der Waals surface area contributed by atoms with E-state index in [0.717, 1.165) is 44.5 Å². The second-order valence-electron chi connectivity index (χ2n) is 4.40. The lowest BCUT2D eigenvalue weighted by Crippen LogP contribution is -2.24. The molecule has 0 fully saturated rings. The Kier molecular flexibility index (Phi) is 6.22. The molecule has 1 atom stereocenters. The van der Waals surface area contributed by atoms with Crippen LogP contribution >= 0.6 is 0 Å². The molecule has 17 heavy (non-hydrogen) atoms. The lowest BCUT2D eigenvalue weighted by molar-refractivity contribution is 0.190. The minimum Gasteiger partial charge on any atom is -0.385 e. The highest BCUT2D eigenvalue weighted by Gasteiger charge is 2.10. The van der Waals surface area contributed by atoms with Gasteiger partial charge in [-0.2, -0.15) is 5.10 Å². The highest BCUT2D eigenvalue weighted by Crippen LogP contribution is 2.10. The molecule has 1 aromatic heterocycles. The first-order valence-corrected chi connectivity index (χ1v) is 6.51. The minimum absolute atomic E-state index is 0.205. The number of hydrogen-bond acceptors (Lipinski definition) is 3. The molecule has 4 nitrogen and oxygen atoms in total. The average Bonchev–Trinajstić information content (AvgIpc) is 2.71. The van der Waals surface area contributed by atoms with Gasteiger partial charge in [0.15, 0.2) is 0 Å². The molecule has 0 saturated carbocycles. The van der Waals surface area contributed by atoms with E-state index >= 15 is 0 Å². The van der Waals surface area contributed by atoms with Crippen LogP contribution in [0.1, 0.15) is 38.1 Å². The van der Waals surface area contributed by atoms with Gasteiger partial charge < -0.3 is 10.5 Å². The topological polar surface area (TPSA) is 53.1 Å². The summed E-state index contributed by atoms with van der Waals surface area (Å²) in [7, 11) is 1.73. The fraction of sp³-hybridized carbons (Fsp3) is 0.769. The van der Waals surface area contributed by atoms with Crippen LogP contribution in [0.4, 0.5) is 0 Å². The summed E-state index contributed by atoms with van der Waals surface area (Å²) in [6.45, 7) is 5.96. The van der Waals surface area contributed by atoms with Crippen LogP contribution in [0, 0.1) is 0 Å². The second-order valence-corrected chi connectivity index (χ2v) is 4.40. The summed E-state index contributed by atoms with van der Waals surface area (Å²) in [5, 5.41) is 4.53. The molecule has 1 aromatic rings. The van der Waals surface area contributed by atoms with Crippen molar-refractivity contribution in [3.63, 3.8) is 0 Å². The van der Waals surface area contributed by atoms with E-state index in [1.165, 1.54) is 5.69 Å². The van der Waals surface area contributed by atoms with Gasteiger partial charge in [-0.15, -0.1) is 0 Å². The molecular formula is C13H25N3O. The summed E-state index contributed by atoms with van der Waals surface area (Å²) in [6.07, 6.45) is 3.92. The summed E-state index contributed by atoms with van der Waals surface area (Å²) in [5.41, 5.74) is 8.54. The zero-order valence-electron chi connectivity index (χ0n) is 11.3. The first kappa shape index (κ1) is 14.2. The van der Waals surface area contributed by atoms with E-state index in [1.54, 1.807) is 7.11 Å². The normalized spacial score (nSPS) is 12.9. The SMILES string of the molecule is CCc1cc(CC(N)CCCOC)n(CC)n1. The Bertz CT molecular complexity index is 322. The van der Waals surface area contributed by atoms with Crippen LogP contribution < -0.4 is 5.73 Å². The molecule has 0 amide bonds. The Morgan fingerprint density at radius 3 is 2.82 bits per heavy atom. The van der Waals surface area contributed by atoms with Gasteiger partial charge in [-0.1, -0.05) is 6.92 Å². The van der Waals surface area contributed by atoms with Crippen molar-refractivity contribution in [3.05, 3.63) is 17.5 Å². The van der Waals surface area contributed by atoms with Gasteiger partial charge in [-0.05, 0) is 32.3 Å². The number of rotatable bonds is 8. The molecule has 0 aliphatic rings. The highest BCUT2D eigenvalue weighted by molar-refractivity contribution is 5.11. The smallest absolute Gasteiger partial charge is 0.0624 e. The Morgan fingerprint density at radius 1 is 1.47 bits per heavy atom. The molecular weight excluding hydrogens is 214 g/mol. The highest BCUT2D eigenvalue weighted by atomic mass is 16.5. The van der Waals surface area contributed by atoms with Crippen molar-refractivity contribution in [2.24, 2.45) is 5.73 Å². The number of ether oxygens (including phenoxy) is 1. The van der Waals surface area contributed by atoms with E-state index in [4.69, 9.17) is 10.5 Å². The van der Waals surface area contributed by atoms with Crippen LogP contribution in [-0.4, -0.2) is 29.5 Å². The Balaban J connectivity index is 2.51. The Hall–Kier alpha value is -0.870. The van der Waals surface area contributed by atoms with E-state index in [-0.39, 0.29) is 6.04 Å². The number of aryl methyl sites for hydroxylation is 2. The summed E-state index contributed by atoms with van der Waals surface area (Å²) in [4.78, 5) is 0. The fourth-order valence-electron chi connectivity index (χ4n) is 1.99. The fourth-order valence-corrected chi connectivity index (χ4v) is 1.99. The number of methoxy groups -OCH3 is 1. The molecule has 0 radical (unpaired) electrons. The van der Waals surface area contributed by atoms with E-state index in [9.17, 15) is 0 Å². The van der Waals surface area contributed by atoms with E-state index < -0.39 is 0 Å². The standard InChI is InChI=1S/C13H25N3O/c1-4-12-10-13(16(5-2)15-12)9-11(14)7-6-8-17-3/h10-11H,4-9,14H2,1-3H3. The van der Waals surface area contributed by atoms with Gasteiger partial charge in [0, 0.05) is 38.4 Å². The lowest BCUT2D eigenvalue weighted by atomic mass is 10.1. The summed E-state index contributed by atoms with van der Waals surface area (Å²) in [6, 6.07) is 2.39. The molecule has 4 heteroatoms. The van der Waals surface area contributed by atoms with Crippen molar-refractivity contribution in [1.82, 2.24) is 9.78 Å². The van der Waals surface area contributed by atoms with Gasteiger partial charge in [0.2, 0.25) is 0 Å². The second kappa shape index (κ2) is 7.45. The molecule has 0 saturated heterocycles. The largest absolute Gasteiger partial charge is 0.385 e. The molecule has 1 unspecified atom stereocenters. The number of hydrogen-bond donors (Lipinski definition) is 1. The molecule has 1 rings (SSSR count).